The molecule has 0 spiro atoms. The van der Waals surface area contributed by atoms with Crippen molar-refractivity contribution in [3.8, 4) is 11.6 Å². The first kappa shape index (κ1) is 25.3. The van der Waals surface area contributed by atoms with Crippen molar-refractivity contribution in [3.63, 3.8) is 0 Å². The van der Waals surface area contributed by atoms with Gasteiger partial charge < -0.3 is 19.9 Å². The summed E-state index contributed by atoms with van der Waals surface area (Å²) in [5.41, 5.74) is 0.734. The summed E-state index contributed by atoms with van der Waals surface area (Å²) in [4.78, 5) is 24.7. The average Bonchev–Trinajstić information content (AvgIpc) is 3.32. The highest BCUT2D eigenvalue weighted by atomic mass is 16.5. The number of nitrogens with zero attached hydrogens (tertiary/aromatic N) is 2. The van der Waals surface area contributed by atoms with Gasteiger partial charge in [0.05, 0.1) is 24.9 Å². The predicted molar refractivity (Wildman–Crippen MR) is 141 cm³/mol. The molecule has 0 unspecified atom stereocenters. The van der Waals surface area contributed by atoms with E-state index in [0.29, 0.717) is 54.7 Å². The number of benzene rings is 1. The lowest BCUT2D eigenvalue weighted by Gasteiger charge is -2.54. The number of amides is 1. The summed E-state index contributed by atoms with van der Waals surface area (Å²) in [7, 11) is 0. The number of carboxylic acid groups (broad SMARTS) is 1. The topological polar surface area (TPSA) is 103 Å². The summed E-state index contributed by atoms with van der Waals surface area (Å²) in [5.74, 6) is 3.54. The van der Waals surface area contributed by atoms with Crippen LogP contribution in [0.2, 0.25) is 0 Å². The summed E-state index contributed by atoms with van der Waals surface area (Å²) < 4.78 is 13.9. The van der Waals surface area contributed by atoms with Crippen molar-refractivity contribution in [2.45, 2.75) is 76.8 Å². The molecule has 4 bridgehead atoms. The first-order valence-corrected chi connectivity index (χ1v) is 14.5. The van der Waals surface area contributed by atoms with Crippen molar-refractivity contribution in [2.24, 2.45) is 29.6 Å². The maximum Gasteiger partial charge on any atom is 0.335 e. The SMILES string of the molecule is O=C(O)c1ccc(OCCn2ncc(C(=O)NC3C4CC5CC(C4)CC3C5)c2OCC2CCCCC2)cc1. The van der Waals surface area contributed by atoms with Gasteiger partial charge in [-0.05, 0) is 98.8 Å². The van der Waals surface area contributed by atoms with Crippen molar-refractivity contribution in [2.75, 3.05) is 13.2 Å². The zero-order valence-electron chi connectivity index (χ0n) is 22.0. The Bertz CT molecular complexity index is 1110. The first-order valence-electron chi connectivity index (χ1n) is 14.5. The Morgan fingerprint density at radius 2 is 1.63 bits per heavy atom. The number of carboxylic acids is 1. The van der Waals surface area contributed by atoms with E-state index in [4.69, 9.17) is 14.6 Å². The van der Waals surface area contributed by atoms with Crippen molar-refractivity contribution >= 4 is 11.9 Å². The summed E-state index contributed by atoms with van der Waals surface area (Å²) in [5, 5.41) is 17.0. The molecular weight excluding hydrogens is 482 g/mol. The van der Waals surface area contributed by atoms with E-state index in [1.165, 1.54) is 76.3 Å². The molecule has 204 valence electrons. The van der Waals surface area contributed by atoms with Gasteiger partial charge in [0, 0.05) is 6.04 Å². The largest absolute Gasteiger partial charge is 0.492 e. The molecule has 0 saturated heterocycles. The Balaban J connectivity index is 1.13. The fraction of sp³-hybridized carbons (Fsp3) is 0.633. The Hall–Kier alpha value is -3.03. The fourth-order valence-corrected chi connectivity index (χ4v) is 7.73. The van der Waals surface area contributed by atoms with E-state index in [2.05, 4.69) is 10.4 Å². The standard InChI is InChI=1S/C30H39N3O5/c34-28(32-27-23-13-20-12-21(15-23)16-24(27)14-20)26-17-31-33(29(26)38-18-19-4-2-1-3-5-19)10-11-37-25-8-6-22(7-9-25)30(35)36/h6-9,17,19-21,23-24,27H,1-5,10-16,18H2,(H,32,34)(H,35,36). The van der Waals surface area contributed by atoms with Gasteiger partial charge in [0.15, 0.2) is 0 Å². The third-order valence-corrected chi connectivity index (χ3v) is 9.41. The lowest BCUT2D eigenvalue weighted by molar-refractivity contribution is -0.0120. The Morgan fingerprint density at radius 3 is 2.29 bits per heavy atom. The van der Waals surface area contributed by atoms with E-state index >= 15 is 0 Å². The maximum atomic E-state index is 13.6. The van der Waals surface area contributed by atoms with E-state index in [9.17, 15) is 9.59 Å². The second kappa shape index (κ2) is 11.0. The molecule has 7 rings (SSSR count). The smallest absolute Gasteiger partial charge is 0.335 e. The molecule has 0 radical (unpaired) electrons. The normalized spacial score (nSPS) is 28.3. The van der Waals surface area contributed by atoms with E-state index in [-0.39, 0.29) is 17.5 Å². The van der Waals surface area contributed by atoms with Gasteiger partial charge >= 0.3 is 5.97 Å². The molecule has 0 aliphatic heterocycles. The number of carbonyl (C=O) groups excluding carboxylic acids is 1. The van der Waals surface area contributed by atoms with Gasteiger partial charge in [-0.2, -0.15) is 5.10 Å². The van der Waals surface area contributed by atoms with Crippen LogP contribution in [-0.2, 0) is 6.54 Å². The third kappa shape index (κ3) is 5.40. The summed E-state index contributed by atoms with van der Waals surface area (Å²) >= 11 is 0. The summed E-state index contributed by atoms with van der Waals surface area (Å²) in [6.07, 6.45) is 14.2. The van der Waals surface area contributed by atoms with Crippen LogP contribution in [0.5, 0.6) is 11.6 Å². The van der Waals surface area contributed by atoms with Crippen LogP contribution in [0.25, 0.3) is 0 Å². The van der Waals surface area contributed by atoms with Crippen LogP contribution in [0.1, 0.15) is 84.9 Å². The predicted octanol–water partition coefficient (Wildman–Crippen LogP) is 5.17. The number of aromatic nitrogens is 2. The van der Waals surface area contributed by atoms with Crippen LogP contribution >= 0.6 is 0 Å². The summed E-state index contributed by atoms with van der Waals surface area (Å²) in [6.45, 7) is 1.35. The molecule has 5 fully saturated rings. The molecule has 5 aliphatic carbocycles. The van der Waals surface area contributed by atoms with Gasteiger partial charge in [-0.1, -0.05) is 19.3 Å². The molecule has 5 aliphatic rings. The Morgan fingerprint density at radius 1 is 0.947 bits per heavy atom. The zero-order valence-corrected chi connectivity index (χ0v) is 22.0. The minimum absolute atomic E-state index is 0.0717. The maximum absolute atomic E-state index is 13.6. The van der Waals surface area contributed by atoms with Gasteiger partial charge in [-0.3, -0.25) is 4.79 Å². The van der Waals surface area contributed by atoms with Crippen molar-refractivity contribution in [3.05, 3.63) is 41.6 Å². The zero-order chi connectivity index (χ0) is 26.1. The van der Waals surface area contributed by atoms with Gasteiger partial charge in [-0.15, -0.1) is 0 Å². The molecule has 8 heteroatoms. The van der Waals surface area contributed by atoms with Gasteiger partial charge in [0.1, 0.15) is 17.9 Å². The molecule has 5 saturated carbocycles. The Labute approximate surface area is 224 Å². The first-order chi connectivity index (χ1) is 18.5. The molecule has 1 heterocycles. The van der Waals surface area contributed by atoms with Crippen LogP contribution in [-0.4, -0.2) is 46.0 Å². The van der Waals surface area contributed by atoms with Crippen LogP contribution < -0.4 is 14.8 Å². The molecule has 8 nitrogen and oxygen atoms in total. The third-order valence-electron chi connectivity index (χ3n) is 9.41. The van der Waals surface area contributed by atoms with E-state index in [0.717, 1.165) is 11.8 Å². The molecular formula is C30H39N3O5. The number of hydrogen-bond acceptors (Lipinski definition) is 5. The van der Waals surface area contributed by atoms with E-state index in [1.807, 2.05) is 0 Å². The molecule has 2 aromatic rings. The number of hydrogen-bond donors (Lipinski definition) is 2. The highest BCUT2D eigenvalue weighted by Crippen LogP contribution is 2.53. The van der Waals surface area contributed by atoms with Crippen LogP contribution in [0.3, 0.4) is 0 Å². The molecule has 38 heavy (non-hydrogen) atoms. The number of aromatic carboxylic acids is 1. The van der Waals surface area contributed by atoms with Crippen molar-refractivity contribution in [1.29, 1.82) is 0 Å². The van der Waals surface area contributed by atoms with Gasteiger partial charge in [-0.25, -0.2) is 9.48 Å². The van der Waals surface area contributed by atoms with Crippen molar-refractivity contribution < 1.29 is 24.2 Å². The summed E-state index contributed by atoms with van der Waals surface area (Å²) in [6, 6.07) is 6.61. The fourth-order valence-electron chi connectivity index (χ4n) is 7.73. The second-order valence-corrected chi connectivity index (χ2v) is 12.0. The second-order valence-electron chi connectivity index (χ2n) is 12.0. The minimum Gasteiger partial charge on any atom is -0.492 e. The van der Waals surface area contributed by atoms with Crippen LogP contribution in [0.15, 0.2) is 30.5 Å². The molecule has 0 atom stereocenters. The number of nitrogens with one attached hydrogen (secondary N) is 1. The Kier molecular flexibility index (Phi) is 7.30. The van der Waals surface area contributed by atoms with E-state index < -0.39 is 5.97 Å². The van der Waals surface area contributed by atoms with E-state index in [1.54, 1.807) is 23.0 Å². The molecule has 1 aromatic carbocycles. The molecule has 2 N–H and O–H groups in total. The number of ether oxygens (including phenoxy) is 2. The lowest BCUT2D eigenvalue weighted by Crippen LogP contribution is -2.55. The number of carbonyl (C=O) groups is 2. The average molecular weight is 522 g/mol. The molecule has 1 amide bonds. The van der Waals surface area contributed by atoms with Gasteiger partial charge in [0.2, 0.25) is 5.88 Å². The monoisotopic (exact) mass is 521 g/mol. The quantitative estimate of drug-likeness (QED) is 0.447. The minimum atomic E-state index is -0.965. The highest BCUT2D eigenvalue weighted by molar-refractivity contribution is 5.96. The van der Waals surface area contributed by atoms with Crippen LogP contribution in [0, 0.1) is 29.6 Å². The lowest BCUT2D eigenvalue weighted by atomic mass is 9.54. The van der Waals surface area contributed by atoms with Crippen LogP contribution in [0.4, 0.5) is 0 Å². The van der Waals surface area contributed by atoms with Crippen molar-refractivity contribution in [1.82, 2.24) is 15.1 Å². The highest BCUT2D eigenvalue weighted by Gasteiger charge is 2.48. The molecule has 1 aromatic heterocycles. The number of rotatable bonds is 10. The van der Waals surface area contributed by atoms with Gasteiger partial charge in [0.25, 0.3) is 5.91 Å².